The van der Waals surface area contributed by atoms with Crippen LogP contribution in [-0.2, 0) is 11.3 Å². The summed E-state index contributed by atoms with van der Waals surface area (Å²) in [5.41, 5.74) is 2.20. The standard InChI is InChI=1S/C23H31N3O3/c1-4-29-22-11-6-5-10-21(22)26-14-12-25(13-15-26)18-23(27)24(2)17-19-8-7-9-20(16-19)28-3/h5-11,16H,4,12-15,17-18H2,1-3H3. The van der Waals surface area contributed by atoms with Crippen molar-refractivity contribution in [2.75, 3.05) is 58.4 Å². The Kier molecular flexibility index (Phi) is 7.36. The summed E-state index contributed by atoms with van der Waals surface area (Å²) in [4.78, 5) is 19.0. The van der Waals surface area contributed by atoms with Gasteiger partial charge in [-0.05, 0) is 36.8 Å². The molecular weight excluding hydrogens is 366 g/mol. The average Bonchev–Trinajstić information content (AvgIpc) is 2.75. The van der Waals surface area contributed by atoms with Crippen molar-refractivity contribution < 1.29 is 14.3 Å². The van der Waals surface area contributed by atoms with Gasteiger partial charge in [-0.25, -0.2) is 0 Å². The van der Waals surface area contributed by atoms with Crippen molar-refractivity contribution >= 4 is 11.6 Å². The summed E-state index contributed by atoms with van der Waals surface area (Å²) in [6.45, 7) is 7.18. The fraction of sp³-hybridized carbons (Fsp3) is 0.435. The maximum absolute atomic E-state index is 12.7. The molecule has 3 rings (SSSR count). The topological polar surface area (TPSA) is 45.2 Å². The predicted molar refractivity (Wildman–Crippen MR) is 116 cm³/mol. The normalized spacial score (nSPS) is 14.5. The summed E-state index contributed by atoms with van der Waals surface area (Å²) >= 11 is 0. The predicted octanol–water partition coefficient (Wildman–Crippen LogP) is 2.87. The largest absolute Gasteiger partial charge is 0.497 e. The molecule has 1 heterocycles. The first-order valence-corrected chi connectivity index (χ1v) is 10.2. The van der Waals surface area contributed by atoms with E-state index in [2.05, 4.69) is 15.9 Å². The third-order valence-corrected chi connectivity index (χ3v) is 5.22. The van der Waals surface area contributed by atoms with Crippen LogP contribution in [0.2, 0.25) is 0 Å². The molecule has 1 saturated heterocycles. The summed E-state index contributed by atoms with van der Waals surface area (Å²) in [5, 5.41) is 0. The van der Waals surface area contributed by atoms with Crippen molar-refractivity contribution in [1.29, 1.82) is 0 Å². The number of amides is 1. The molecule has 1 amide bonds. The van der Waals surface area contributed by atoms with E-state index in [1.54, 1.807) is 12.0 Å². The van der Waals surface area contributed by atoms with Crippen molar-refractivity contribution in [2.24, 2.45) is 0 Å². The highest BCUT2D eigenvalue weighted by atomic mass is 16.5. The number of carbonyl (C=O) groups is 1. The molecule has 0 atom stereocenters. The summed E-state index contributed by atoms with van der Waals surface area (Å²) in [6, 6.07) is 16.0. The number of anilines is 1. The number of para-hydroxylation sites is 2. The van der Waals surface area contributed by atoms with Gasteiger partial charge in [-0.3, -0.25) is 9.69 Å². The van der Waals surface area contributed by atoms with Crippen LogP contribution in [0.4, 0.5) is 5.69 Å². The van der Waals surface area contributed by atoms with Gasteiger partial charge < -0.3 is 19.3 Å². The molecule has 0 aromatic heterocycles. The Morgan fingerprint density at radius 2 is 1.83 bits per heavy atom. The van der Waals surface area contributed by atoms with Crippen molar-refractivity contribution in [2.45, 2.75) is 13.5 Å². The lowest BCUT2D eigenvalue weighted by molar-refractivity contribution is -0.131. The minimum atomic E-state index is 0.135. The van der Waals surface area contributed by atoms with Gasteiger partial charge in [0.2, 0.25) is 5.91 Å². The lowest BCUT2D eigenvalue weighted by Crippen LogP contribution is -2.49. The lowest BCUT2D eigenvalue weighted by Gasteiger charge is -2.36. The Morgan fingerprint density at radius 3 is 2.55 bits per heavy atom. The summed E-state index contributed by atoms with van der Waals surface area (Å²) in [6.07, 6.45) is 0. The van der Waals surface area contributed by atoms with Gasteiger partial charge in [0.05, 0.1) is 25.9 Å². The van der Waals surface area contributed by atoms with Gasteiger partial charge in [0.25, 0.3) is 0 Å². The molecule has 0 radical (unpaired) electrons. The number of nitrogens with zero attached hydrogens (tertiary/aromatic N) is 3. The molecule has 6 heteroatoms. The van der Waals surface area contributed by atoms with Gasteiger partial charge in [-0.1, -0.05) is 24.3 Å². The molecule has 0 spiro atoms. The zero-order valence-corrected chi connectivity index (χ0v) is 17.6. The van der Waals surface area contributed by atoms with E-state index in [-0.39, 0.29) is 5.91 Å². The van der Waals surface area contributed by atoms with E-state index in [0.29, 0.717) is 19.7 Å². The number of carbonyl (C=O) groups excluding carboxylic acids is 1. The summed E-state index contributed by atoms with van der Waals surface area (Å²) in [7, 11) is 3.51. The Bertz CT molecular complexity index is 803. The first-order valence-electron chi connectivity index (χ1n) is 10.2. The second kappa shape index (κ2) is 10.2. The highest BCUT2D eigenvalue weighted by molar-refractivity contribution is 5.78. The van der Waals surface area contributed by atoms with Crippen molar-refractivity contribution in [3.8, 4) is 11.5 Å². The molecule has 156 valence electrons. The van der Waals surface area contributed by atoms with Crippen LogP contribution in [0.5, 0.6) is 11.5 Å². The van der Waals surface area contributed by atoms with E-state index in [4.69, 9.17) is 9.47 Å². The van der Waals surface area contributed by atoms with Crippen LogP contribution in [0.3, 0.4) is 0 Å². The van der Waals surface area contributed by atoms with Crippen LogP contribution in [-0.4, -0.2) is 69.2 Å². The SMILES string of the molecule is CCOc1ccccc1N1CCN(CC(=O)N(C)Cc2cccc(OC)c2)CC1. The Balaban J connectivity index is 1.50. The van der Waals surface area contributed by atoms with Gasteiger partial charge in [0.1, 0.15) is 11.5 Å². The summed E-state index contributed by atoms with van der Waals surface area (Å²) < 4.78 is 11.0. The van der Waals surface area contributed by atoms with Gasteiger partial charge >= 0.3 is 0 Å². The molecule has 0 N–H and O–H groups in total. The summed E-state index contributed by atoms with van der Waals surface area (Å²) in [5.74, 6) is 1.88. The quantitative estimate of drug-likeness (QED) is 0.685. The molecule has 2 aromatic carbocycles. The molecule has 0 saturated carbocycles. The second-order valence-electron chi connectivity index (χ2n) is 7.27. The number of hydrogen-bond acceptors (Lipinski definition) is 5. The molecule has 6 nitrogen and oxygen atoms in total. The number of rotatable bonds is 8. The van der Waals surface area contributed by atoms with Crippen molar-refractivity contribution in [1.82, 2.24) is 9.80 Å². The van der Waals surface area contributed by atoms with Crippen LogP contribution >= 0.6 is 0 Å². The fourth-order valence-electron chi connectivity index (χ4n) is 3.59. The number of hydrogen-bond donors (Lipinski definition) is 0. The Morgan fingerprint density at radius 1 is 1.07 bits per heavy atom. The van der Waals surface area contributed by atoms with Gasteiger partial charge in [-0.15, -0.1) is 0 Å². The van der Waals surface area contributed by atoms with Crippen LogP contribution in [0.25, 0.3) is 0 Å². The maximum Gasteiger partial charge on any atom is 0.236 e. The van der Waals surface area contributed by atoms with Crippen LogP contribution in [0.15, 0.2) is 48.5 Å². The molecule has 0 unspecified atom stereocenters. The number of benzene rings is 2. The number of methoxy groups -OCH3 is 1. The van der Waals surface area contributed by atoms with E-state index in [1.165, 1.54) is 0 Å². The van der Waals surface area contributed by atoms with Crippen LogP contribution < -0.4 is 14.4 Å². The Hall–Kier alpha value is -2.73. The zero-order chi connectivity index (χ0) is 20.6. The van der Waals surface area contributed by atoms with E-state index in [1.807, 2.05) is 56.4 Å². The minimum absolute atomic E-state index is 0.135. The number of likely N-dealkylation sites (N-methyl/N-ethyl adjacent to an activating group) is 1. The first-order chi connectivity index (χ1) is 14.1. The molecule has 1 aliphatic heterocycles. The van der Waals surface area contributed by atoms with Gasteiger partial charge in [0.15, 0.2) is 0 Å². The van der Waals surface area contributed by atoms with E-state index >= 15 is 0 Å². The lowest BCUT2D eigenvalue weighted by atomic mass is 10.2. The van der Waals surface area contributed by atoms with E-state index < -0.39 is 0 Å². The smallest absolute Gasteiger partial charge is 0.236 e. The number of piperazine rings is 1. The Labute approximate surface area is 173 Å². The highest BCUT2D eigenvalue weighted by Gasteiger charge is 2.22. The maximum atomic E-state index is 12.7. The molecule has 1 fully saturated rings. The van der Waals surface area contributed by atoms with Crippen LogP contribution in [0, 0.1) is 0 Å². The third kappa shape index (κ3) is 5.64. The highest BCUT2D eigenvalue weighted by Crippen LogP contribution is 2.28. The minimum Gasteiger partial charge on any atom is -0.497 e. The molecule has 0 bridgehead atoms. The van der Waals surface area contributed by atoms with E-state index in [0.717, 1.165) is 48.9 Å². The van der Waals surface area contributed by atoms with Crippen LogP contribution in [0.1, 0.15) is 12.5 Å². The number of ether oxygens (including phenoxy) is 2. The first kappa shape index (κ1) is 21.0. The van der Waals surface area contributed by atoms with Gasteiger partial charge in [0, 0.05) is 39.8 Å². The molecule has 0 aliphatic carbocycles. The van der Waals surface area contributed by atoms with E-state index in [9.17, 15) is 4.79 Å². The van der Waals surface area contributed by atoms with Gasteiger partial charge in [-0.2, -0.15) is 0 Å². The van der Waals surface area contributed by atoms with Crippen molar-refractivity contribution in [3.05, 3.63) is 54.1 Å². The second-order valence-corrected chi connectivity index (χ2v) is 7.27. The van der Waals surface area contributed by atoms with Crippen molar-refractivity contribution in [3.63, 3.8) is 0 Å². The zero-order valence-electron chi connectivity index (χ0n) is 17.6. The molecule has 29 heavy (non-hydrogen) atoms. The molecular formula is C23H31N3O3. The third-order valence-electron chi connectivity index (χ3n) is 5.22. The average molecular weight is 398 g/mol. The molecule has 1 aliphatic rings. The molecule has 2 aromatic rings. The monoisotopic (exact) mass is 397 g/mol. The fourth-order valence-corrected chi connectivity index (χ4v) is 3.59.